The molecule has 0 saturated heterocycles. The van der Waals surface area contributed by atoms with Gasteiger partial charge in [-0.25, -0.2) is 9.97 Å². The number of nitrogens with two attached hydrogens (primary N) is 1. The van der Waals surface area contributed by atoms with Gasteiger partial charge in [0.1, 0.15) is 6.33 Å². The zero-order valence-corrected chi connectivity index (χ0v) is 7.74. The van der Waals surface area contributed by atoms with Crippen molar-refractivity contribution in [3.8, 4) is 0 Å². The van der Waals surface area contributed by atoms with Crippen LogP contribution >= 0.6 is 0 Å². The van der Waals surface area contributed by atoms with Gasteiger partial charge in [0.25, 0.3) is 0 Å². The summed E-state index contributed by atoms with van der Waals surface area (Å²) in [7, 11) is 0. The quantitative estimate of drug-likeness (QED) is 0.755. The van der Waals surface area contributed by atoms with Gasteiger partial charge in [-0.3, -0.25) is 0 Å². The van der Waals surface area contributed by atoms with Crippen molar-refractivity contribution in [2.75, 3.05) is 6.54 Å². The number of nitrogens with zero attached hydrogens (tertiary/aromatic N) is 2. The van der Waals surface area contributed by atoms with Crippen LogP contribution in [0.25, 0.3) is 0 Å². The van der Waals surface area contributed by atoms with Crippen LogP contribution in [0.5, 0.6) is 0 Å². The van der Waals surface area contributed by atoms with Crippen LogP contribution in [0.1, 0.15) is 36.6 Å². The molecule has 0 spiro atoms. The fraction of sp³-hybridized carbons (Fsp3) is 0.600. The molecule has 0 bridgehead atoms. The molecule has 0 aliphatic heterocycles. The molecule has 0 aromatic carbocycles. The molecule has 1 aliphatic carbocycles. The van der Waals surface area contributed by atoms with Gasteiger partial charge in [-0.2, -0.15) is 0 Å². The highest BCUT2D eigenvalue weighted by molar-refractivity contribution is 5.14. The Hall–Kier alpha value is -0.960. The Balaban J connectivity index is 2.11. The third kappa shape index (κ3) is 1.86. The summed E-state index contributed by atoms with van der Waals surface area (Å²) in [5.74, 6) is 0.694. The van der Waals surface area contributed by atoms with Crippen molar-refractivity contribution in [1.29, 1.82) is 0 Å². The average Bonchev–Trinajstić information content (AvgIpc) is 2.02. The molecule has 2 rings (SSSR count). The standard InChI is InChI=1S/C10H15N3/c11-5-4-9-6-10(13-7-12-9)8-2-1-3-8/h6-8H,1-5,11H2. The van der Waals surface area contributed by atoms with Crippen molar-refractivity contribution < 1.29 is 0 Å². The van der Waals surface area contributed by atoms with Gasteiger partial charge < -0.3 is 5.73 Å². The number of rotatable bonds is 3. The largest absolute Gasteiger partial charge is 0.330 e. The van der Waals surface area contributed by atoms with Crippen LogP contribution in [0, 0.1) is 0 Å². The second-order valence-corrected chi connectivity index (χ2v) is 3.60. The van der Waals surface area contributed by atoms with E-state index < -0.39 is 0 Å². The van der Waals surface area contributed by atoms with Gasteiger partial charge in [0.05, 0.1) is 0 Å². The normalized spacial score (nSPS) is 17.0. The summed E-state index contributed by atoms with van der Waals surface area (Å²) in [5.41, 5.74) is 7.77. The molecule has 0 radical (unpaired) electrons. The fourth-order valence-electron chi connectivity index (χ4n) is 1.63. The van der Waals surface area contributed by atoms with E-state index in [1.165, 1.54) is 25.0 Å². The Kier molecular flexibility index (Phi) is 2.54. The third-order valence-electron chi connectivity index (χ3n) is 2.67. The minimum absolute atomic E-state index is 0.668. The van der Waals surface area contributed by atoms with Crippen LogP contribution in [-0.4, -0.2) is 16.5 Å². The van der Waals surface area contributed by atoms with Crippen LogP contribution in [0.2, 0.25) is 0 Å². The van der Waals surface area contributed by atoms with Crippen molar-refractivity contribution >= 4 is 0 Å². The van der Waals surface area contributed by atoms with Gasteiger partial charge >= 0.3 is 0 Å². The molecular weight excluding hydrogens is 162 g/mol. The predicted molar refractivity (Wildman–Crippen MR) is 51.4 cm³/mol. The SMILES string of the molecule is NCCc1cc(C2CCC2)ncn1. The van der Waals surface area contributed by atoms with Gasteiger partial charge in [-0.05, 0) is 25.5 Å². The molecule has 3 nitrogen and oxygen atoms in total. The van der Waals surface area contributed by atoms with Crippen molar-refractivity contribution in [3.63, 3.8) is 0 Å². The van der Waals surface area contributed by atoms with E-state index >= 15 is 0 Å². The molecule has 1 aliphatic rings. The smallest absolute Gasteiger partial charge is 0.115 e. The first kappa shape index (κ1) is 8.63. The average molecular weight is 177 g/mol. The van der Waals surface area contributed by atoms with Crippen molar-refractivity contribution in [3.05, 3.63) is 23.8 Å². The minimum atomic E-state index is 0.668. The van der Waals surface area contributed by atoms with Crippen molar-refractivity contribution in [1.82, 2.24) is 9.97 Å². The van der Waals surface area contributed by atoms with E-state index in [9.17, 15) is 0 Å². The van der Waals surface area contributed by atoms with Gasteiger partial charge in [0.2, 0.25) is 0 Å². The summed E-state index contributed by atoms with van der Waals surface area (Å²) in [6, 6.07) is 2.11. The fourth-order valence-corrected chi connectivity index (χ4v) is 1.63. The van der Waals surface area contributed by atoms with E-state index in [-0.39, 0.29) is 0 Å². The lowest BCUT2D eigenvalue weighted by Crippen LogP contribution is -2.12. The van der Waals surface area contributed by atoms with Crippen molar-refractivity contribution in [2.24, 2.45) is 5.73 Å². The summed E-state index contributed by atoms with van der Waals surface area (Å²) in [6.45, 7) is 0.668. The van der Waals surface area contributed by atoms with Crippen LogP contribution in [0.4, 0.5) is 0 Å². The Labute approximate surface area is 78.4 Å². The zero-order chi connectivity index (χ0) is 9.10. The maximum Gasteiger partial charge on any atom is 0.115 e. The number of hydrogen-bond donors (Lipinski definition) is 1. The summed E-state index contributed by atoms with van der Waals surface area (Å²) < 4.78 is 0. The van der Waals surface area contributed by atoms with Crippen molar-refractivity contribution in [2.45, 2.75) is 31.6 Å². The Morgan fingerprint density at radius 3 is 2.85 bits per heavy atom. The molecule has 1 heterocycles. The second kappa shape index (κ2) is 3.83. The summed E-state index contributed by atoms with van der Waals surface area (Å²) in [5, 5.41) is 0. The Morgan fingerprint density at radius 2 is 2.23 bits per heavy atom. The molecule has 13 heavy (non-hydrogen) atoms. The van der Waals surface area contributed by atoms with Gasteiger partial charge in [-0.15, -0.1) is 0 Å². The lowest BCUT2D eigenvalue weighted by Gasteiger charge is -2.24. The van der Waals surface area contributed by atoms with Crippen LogP contribution in [-0.2, 0) is 6.42 Å². The first-order valence-electron chi connectivity index (χ1n) is 4.91. The van der Waals surface area contributed by atoms with Gasteiger partial charge in [-0.1, -0.05) is 6.42 Å². The number of aromatic nitrogens is 2. The van der Waals surface area contributed by atoms with E-state index in [0.717, 1.165) is 12.1 Å². The predicted octanol–water partition coefficient (Wildman–Crippen LogP) is 1.25. The zero-order valence-electron chi connectivity index (χ0n) is 7.74. The minimum Gasteiger partial charge on any atom is -0.330 e. The molecule has 0 atom stereocenters. The molecule has 0 amide bonds. The highest BCUT2D eigenvalue weighted by Gasteiger charge is 2.20. The molecule has 1 saturated carbocycles. The molecule has 70 valence electrons. The van der Waals surface area contributed by atoms with E-state index in [0.29, 0.717) is 12.5 Å². The van der Waals surface area contributed by atoms with E-state index in [1.54, 1.807) is 6.33 Å². The highest BCUT2D eigenvalue weighted by atomic mass is 14.8. The van der Waals surface area contributed by atoms with E-state index in [4.69, 9.17) is 5.73 Å². The van der Waals surface area contributed by atoms with Gasteiger partial charge in [0, 0.05) is 23.7 Å². The van der Waals surface area contributed by atoms with E-state index in [1.807, 2.05) is 0 Å². The molecule has 3 heteroatoms. The highest BCUT2D eigenvalue weighted by Crippen LogP contribution is 2.34. The van der Waals surface area contributed by atoms with E-state index in [2.05, 4.69) is 16.0 Å². The lowest BCUT2D eigenvalue weighted by atomic mass is 9.82. The molecule has 1 aromatic heterocycles. The molecule has 2 N–H and O–H groups in total. The topological polar surface area (TPSA) is 51.8 Å². The third-order valence-corrected chi connectivity index (χ3v) is 2.67. The lowest BCUT2D eigenvalue weighted by molar-refractivity contribution is 0.410. The van der Waals surface area contributed by atoms with Crippen LogP contribution < -0.4 is 5.73 Å². The summed E-state index contributed by atoms with van der Waals surface area (Å²) >= 11 is 0. The van der Waals surface area contributed by atoms with Crippen LogP contribution in [0.3, 0.4) is 0 Å². The Bertz CT molecular complexity index is 281. The number of hydrogen-bond acceptors (Lipinski definition) is 3. The maximum atomic E-state index is 5.47. The Morgan fingerprint density at radius 1 is 1.38 bits per heavy atom. The van der Waals surface area contributed by atoms with Gasteiger partial charge in [0.15, 0.2) is 0 Å². The molecule has 1 aromatic rings. The first-order chi connectivity index (χ1) is 6.40. The summed E-state index contributed by atoms with van der Waals surface area (Å²) in [6.07, 6.45) is 6.46. The second-order valence-electron chi connectivity index (χ2n) is 3.60. The first-order valence-corrected chi connectivity index (χ1v) is 4.91. The maximum absolute atomic E-state index is 5.47. The molecule has 1 fully saturated rings. The monoisotopic (exact) mass is 177 g/mol. The molecule has 0 unspecified atom stereocenters. The van der Waals surface area contributed by atoms with Crippen LogP contribution in [0.15, 0.2) is 12.4 Å². The summed E-state index contributed by atoms with van der Waals surface area (Å²) in [4.78, 5) is 8.47. The molecular formula is C10H15N3.